The molecule has 1 heterocycles. The van der Waals surface area contributed by atoms with E-state index >= 15 is 0 Å². The maximum atomic E-state index is 12.2. The summed E-state index contributed by atoms with van der Waals surface area (Å²) < 4.78 is 10.4. The Balaban J connectivity index is 2.12. The molecule has 1 amide bonds. The number of carbonyl (C=O) groups is 1. The highest BCUT2D eigenvalue weighted by atomic mass is 16.5. The quantitative estimate of drug-likeness (QED) is 0.511. The van der Waals surface area contributed by atoms with Gasteiger partial charge in [-0.1, -0.05) is 11.8 Å². The van der Waals surface area contributed by atoms with Crippen molar-refractivity contribution in [1.29, 1.82) is 5.41 Å². The van der Waals surface area contributed by atoms with Crippen LogP contribution < -0.4 is 9.47 Å². The number of carbonyl (C=O) groups excluding carboxylic acids is 1. The second-order valence-electron chi connectivity index (χ2n) is 5.21. The van der Waals surface area contributed by atoms with E-state index in [9.17, 15) is 4.79 Å². The standard InChI is InChI=1S/C19H19N3O3/c1-5-11-22-12-10-15(19(22)23)21(2)18(20)9-7-14-6-8-16(24-3)17(13-14)25-4/h1,6,8,10,13,20H,11-12H2,2-4H3. The molecule has 0 aliphatic carbocycles. The van der Waals surface area contributed by atoms with Gasteiger partial charge in [0.05, 0.1) is 20.8 Å². The van der Waals surface area contributed by atoms with Gasteiger partial charge in [-0.3, -0.25) is 10.2 Å². The summed E-state index contributed by atoms with van der Waals surface area (Å²) in [4.78, 5) is 15.2. The number of ether oxygens (including phenoxy) is 2. The lowest BCUT2D eigenvalue weighted by molar-refractivity contribution is -0.125. The van der Waals surface area contributed by atoms with Gasteiger partial charge in [-0.15, -0.1) is 6.42 Å². The van der Waals surface area contributed by atoms with Gasteiger partial charge in [0.25, 0.3) is 5.91 Å². The van der Waals surface area contributed by atoms with Crippen molar-refractivity contribution in [3.8, 4) is 35.7 Å². The molecule has 0 saturated heterocycles. The first-order valence-corrected chi connectivity index (χ1v) is 7.51. The van der Waals surface area contributed by atoms with E-state index in [2.05, 4.69) is 17.8 Å². The fourth-order valence-corrected chi connectivity index (χ4v) is 2.31. The van der Waals surface area contributed by atoms with Crippen LogP contribution in [0.4, 0.5) is 0 Å². The van der Waals surface area contributed by atoms with Gasteiger partial charge in [0.15, 0.2) is 17.3 Å². The average molecular weight is 337 g/mol. The zero-order valence-corrected chi connectivity index (χ0v) is 14.4. The fraction of sp³-hybridized carbons (Fsp3) is 0.263. The van der Waals surface area contributed by atoms with Crippen LogP contribution in [0.25, 0.3) is 0 Å². The van der Waals surface area contributed by atoms with E-state index in [0.29, 0.717) is 29.3 Å². The van der Waals surface area contributed by atoms with Crippen LogP contribution in [0, 0.1) is 29.6 Å². The number of nitrogens with zero attached hydrogens (tertiary/aromatic N) is 2. The molecule has 1 aliphatic rings. The maximum absolute atomic E-state index is 12.2. The molecule has 0 saturated carbocycles. The molecule has 6 nitrogen and oxygen atoms in total. The Morgan fingerprint density at radius 2 is 2.08 bits per heavy atom. The summed E-state index contributed by atoms with van der Waals surface area (Å²) in [6.45, 7) is 0.691. The van der Waals surface area contributed by atoms with E-state index in [1.165, 1.54) is 9.80 Å². The topological polar surface area (TPSA) is 65.9 Å². The first kappa shape index (κ1) is 18.0. The Kier molecular flexibility index (Phi) is 5.71. The van der Waals surface area contributed by atoms with Gasteiger partial charge >= 0.3 is 0 Å². The van der Waals surface area contributed by atoms with Crippen molar-refractivity contribution < 1.29 is 14.3 Å². The van der Waals surface area contributed by atoms with Crippen molar-refractivity contribution in [2.45, 2.75) is 0 Å². The van der Waals surface area contributed by atoms with Crippen LogP contribution in [-0.2, 0) is 4.79 Å². The van der Waals surface area contributed by atoms with Gasteiger partial charge in [-0.25, -0.2) is 0 Å². The highest BCUT2D eigenvalue weighted by Crippen LogP contribution is 2.27. The van der Waals surface area contributed by atoms with E-state index in [0.717, 1.165) is 0 Å². The predicted molar refractivity (Wildman–Crippen MR) is 95.4 cm³/mol. The Labute approximate surface area is 147 Å². The van der Waals surface area contributed by atoms with Gasteiger partial charge in [-0.2, -0.15) is 0 Å². The second kappa shape index (κ2) is 7.94. The molecular weight excluding hydrogens is 318 g/mol. The number of hydrogen-bond acceptors (Lipinski definition) is 4. The number of amides is 1. The third-order valence-electron chi connectivity index (χ3n) is 3.70. The van der Waals surface area contributed by atoms with E-state index in [4.69, 9.17) is 21.3 Å². The molecule has 0 aromatic heterocycles. The third-order valence-corrected chi connectivity index (χ3v) is 3.70. The lowest BCUT2D eigenvalue weighted by atomic mass is 10.2. The summed E-state index contributed by atoms with van der Waals surface area (Å²) in [6.07, 6.45) is 6.99. The molecule has 6 heteroatoms. The Morgan fingerprint density at radius 1 is 1.36 bits per heavy atom. The Bertz CT molecular complexity index is 825. The predicted octanol–water partition coefficient (Wildman–Crippen LogP) is 1.32. The molecule has 1 aromatic rings. The van der Waals surface area contributed by atoms with Crippen molar-refractivity contribution in [2.24, 2.45) is 0 Å². The number of amidine groups is 1. The molecule has 1 aliphatic heterocycles. The van der Waals surface area contributed by atoms with Crippen molar-refractivity contribution in [3.63, 3.8) is 0 Å². The summed E-state index contributed by atoms with van der Waals surface area (Å²) in [5.74, 6) is 9.06. The lowest BCUT2D eigenvalue weighted by Gasteiger charge is -2.19. The van der Waals surface area contributed by atoms with Gasteiger partial charge in [0.1, 0.15) is 5.70 Å². The average Bonchev–Trinajstić information content (AvgIpc) is 2.99. The normalized spacial score (nSPS) is 12.6. The number of hydrogen-bond donors (Lipinski definition) is 1. The number of benzene rings is 1. The van der Waals surface area contributed by atoms with Crippen molar-refractivity contribution >= 4 is 11.7 Å². The molecule has 0 spiro atoms. The minimum absolute atomic E-state index is 0.0111. The van der Waals surface area contributed by atoms with Crippen LogP contribution in [0.3, 0.4) is 0 Å². The van der Waals surface area contributed by atoms with Crippen LogP contribution in [0.1, 0.15) is 5.56 Å². The molecule has 0 radical (unpaired) electrons. The highest BCUT2D eigenvalue weighted by molar-refractivity contribution is 6.05. The number of likely N-dealkylation sites (N-methyl/N-ethyl adjacent to an activating group) is 1. The fourth-order valence-electron chi connectivity index (χ4n) is 2.31. The van der Waals surface area contributed by atoms with Crippen LogP contribution in [0.2, 0.25) is 0 Å². The summed E-state index contributed by atoms with van der Waals surface area (Å²) in [6, 6.07) is 5.25. The maximum Gasteiger partial charge on any atom is 0.271 e. The summed E-state index contributed by atoms with van der Waals surface area (Å²) >= 11 is 0. The van der Waals surface area contributed by atoms with E-state index in [1.54, 1.807) is 45.5 Å². The molecule has 0 bridgehead atoms. The van der Waals surface area contributed by atoms with Gasteiger partial charge < -0.3 is 19.3 Å². The number of nitrogens with one attached hydrogen (secondary N) is 1. The van der Waals surface area contributed by atoms with E-state index in [1.807, 2.05) is 0 Å². The van der Waals surface area contributed by atoms with Crippen LogP contribution in [0.15, 0.2) is 30.0 Å². The number of rotatable bonds is 4. The SMILES string of the molecule is C#CCN1CC=C(N(C)C(=N)C#Cc2ccc(OC)c(OC)c2)C1=O. The minimum Gasteiger partial charge on any atom is -0.493 e. The van der Waals surface area contributed by atoms with Crippen molar-refractivity contribution in [1.82, 2.24) is 9.80 Å². The smallest absolute Gasteiger partial charge is 0.271 e. The lowest BCUT2D eigenvalue weighted by Crippen LogP contribution is -2.34. The van der Waals surface area contributed by atoms with Gasteiger partial charge in [-0.05, 0) is 30.2 Å². The summed E-state index contributed by atoms with van der Waals surface area (Å²) in [5.41, 5.74) is 1.08. The molecule has 0 atom stereocenters. The van der Waals surface area contributed by atoms with Crippen LogP contribution in [0.5, 0.6) is 11.5 Å². The molecule has 1 N–H and O–H groups in total. The van der Waals surface area contributed by atoms with E-state index in [-0.39, 0.29) is 18.3 Å². The molecule has 2 rings (SSSR count). The molecule has 0 unspecified atom stereocenters. The summed E-state index contributed by atoms with van der Waals surface area (Å²) in [5, 5.41) is 8.09. The van der Waals surface area contributed by atoms with E-state index < -0.39 is 0 Å². The minimum atomic E-state index is -0.196. The highest BCUT2D eigenvalue weighted by Gasteiger charge is 2.27. The molecule has 0 fully saturated rings. The van der Waals surface area contributed by atoms with Crippen LogP contribution >= 0.6 is 0 Å². The third kappa shape index (κ3) is 3.94. The second-order valence-corrected chi connectivity index (χ2v) is 5.21. The molecular formula is C19H19N3O3. The van der Waals surface area contributed by atoms with Crippen molar-refractivity contribution in [3.05, 3.63) is 35.5 Å². The van der Waals surface area contributed by atoms with Crippen LogP contribution in [-0.4, -0.2) is 55.9 Å². The zero-order chi connectivity index (χ0) is 18.4. The largest absolute Gasteiger partial charge is 0.493 e. The number of terminal acetylenes is 1. The molecule has 25 heavy (non-hydrogen) atoms. The first-order chi connectivity index (χ1) is 12.0. The Hall–Kier alpha value is -3.38. The molecule has 1 aromatic carbocycles. The Morgan fingerprint density at radius 3 is 2.72 bits per heavy atom. The van der Waals surface area contributed by atoms with Gasteiger partial charge in [0.2, 0.25) is 0 Å². The van der Waals surface area contributed by atoms with Gasteiger partial charge in [0, 0.05) is 19.2 Å². The van der Waals surface area contributed by atoms with Crippen molar-refractivity contribution in [2.75, 3.05) is 34.4 Å². The summed E-state index contributed by atoms with van der Waals surface area (Å²) in [7, 11) is 4.74. The first-order valence-electron chi connectivity index (χ1n) is 7.51. The number of methoxy groups -OCH3 is 2. The zero-order valence-electron chi connectivity index (χ0n) is 14.4. The molecule has 128 valence electrons. The monoisotopic (exact) mass is 337 g/mol.